The summed E-state index contributed by atoms with van der Waals surface area (Å²) in [7, 11) is 0. The topological polar surface area (TPSA) is 28.2 Å². The molecule has 0 amide bonds. The summed E-state index contributed by atoms with van der Waals surface area (Å²) in [6.45, 7) is 3.12. The molecule has 0 spiro atoms. The molecular weight excluding hydrogens is 349 g/mol. The van der Waals surface area contributed by atoms with Gasteiger partial charge < -0.3 is 10.2 Å². The Morgan fingerprint density at radius 2 is 1.68 bits per heavy atom. The van der Waals surface area contributed by atoms with Crippen LogP contribution in [0.1, 0.15) is 18.4 Å². The number of piperidine rings is 1. The van der Waals surface area contributed by atoms with Crippen LogP contribution >= 0.6 is 0 Å². The first-order valence-corrected chi connectivity index (χ1v) is 10.0. The number of rotatable bonds is 6. The van der Waals surface area contributed by atoms with Gasteiger partial charge >= 0.3 is 0 Å². The van der Waals surface area contributed by atoms with Crippen LogP contribution in [-0.4, -0.2) is 30.7 Å². The second-order valence-electron chi connectivity index (χ2n) is 7.38. The summed E-state index contributed by atoms with van der Waals surface area (Å²) < 4.78 is 13.2. The zero-order valence-electron chi connectivity index (χ0n) is 16.0. The zero-order chi connectivity index (χ0) is 19.2. The summed E-state index contributed by atoms with van der Waals surface area (Å²) in [4.78, 5) is 6.52. The van der Waals surface area contributed by atoms with E-state index in [9.17, 15) is 4.39 Å². The fraction of sp³-hybridized carbons (Fsp3) is 0.292. The van der Waals surface area contributed by atoms with Crippen LogP contribution in [0.3, 0.4) is 0 Å². The highest BCUT2D eigenvalue weighted by molar-refractivity contribution is 5.68. The van der Waals surface area contributed by atoms with E-state index in [-0.39, 0.29) is 5.82 Å². The van der Waals surface area contributed by atoms with Gasteiger partial charge in [0, 0.05) is 37.2 Å². The minimum absolute atomic E-state index is 0.196. The molecule has 0 aliphatic carbocycles. The Kier molecular flexibility index (Phi) is 5.98. The van der Waals surface area contributed by atoms with Gasteiger partial charge in [0.25, 0.3) is 0 Å². The first-order valence-electron chi connectivity index (χ1n) is 10.0. The molecule has 0 bridgehead atoms. The van der Waals surface area contributed by atoms with Crippen LogP contribution in [0.5, 0.6) is 0 Å². The van der Waals surface area contributed by atoms with Gasteiger partial charge in [0.05, 0.1) is 0 Å². The zero-order valence-corrected chi connectivity index (χ0v) is 16.0. The second kappa shape index (κ2) is 8.98. The number of anilines is 1. The van der Waals surface area contributed by atoms with E-state index in [1.165, 1.54) is 23.4 Å². The number of hydrogen-bond acceptors (Lipinski definition) is 3. The summed E-state index contributed by atoms with van der Waals surface area (Å²) in [5.74, 6) is -0.196. The second-order valence-corrected chi connectivity index (χ2v) is 7.38. The standard InChI is InChI=1S/C24H26FN3/c25-22-6-4-20(5-7-22)21-2-1-3-24(18-21)28-16-11-23(12-17-28)27-15-10-19-8-13-26-14-9-19/h1-9,13-14,18,23,27H,10-12,15-17H2. The molecule has 1 aromatic heterocycles. The van der Waals surface area contributed by atoms with Crippen LogP contribution in [-0.2, 0) is 6.42 Å². The highest BCUT2D eigenvalue weighted by Gasteiger charge is 2.19. The molecule has 1 aliphatic heterocycles. The van der Waals surface area contributed by atoms with Crippen molar-refractivity contribution in [2.75, 3.05) is 24.5 Å². The molecule has 1 saturated heterocycles. The molecule has 1 aliphatic rings. The lowest BCUT2D eigenvalue weighted by atomic mass is 10.0. The normalized spacial score (nSPS) is 15.0. The fourth-order valence-electron chi connectivity index (χ4n) is 3.84. The van der Waals surface area contributed by atoms with Crippen LogP contribution < -0.4 is 10.2 Å². The van der Waals surface area contributed by atoms with Crippen molar-refractivity contribution < 1.29 is 4.39 Å². The van der Waals surface area contributed by atoms with E-state index in [1.807, 2.05) is 24.5 Å². The molecule has 2 heterocycles. The lowest BCUT2D eigenvalue weighted by Gasteiger charge is -2.34. The largest absolute Gasteiger partial charge is 0.371 e. The first kappa shape index (κ1) is 18.6. The van der Waals surface area contributed by atoms with Gasteiger partial charge in [-0.15, -0.1) is 0 Å². The SMILES string of the molecule is Fc1ccc(-c2cccc(N3CCC(NCCc4ccncc4)CC3)c2)cc1. The molecule has 3 aromatic rings. The van der Waals surface area contributed by atoms with Gasteiger partial charge in [-0.2, -0.15) is 0 Å². The maximum atomic E-state index is 13.2. The average molecular weight is 375 g/mol. The van der Waals surface area contributed by atoms with Gasteiger partial charge in [-0.3, -0.25) is 4.98 Å². The number of aromatic nitrogens is 1. The third-order valence-corrected chi connectivity index (χ3v) is 5.48. The van der Waals surface area contributed by atoms with Crippen molar-refractivity contribution in [2.45, 2.75) is 25.3 Å². The van der Waals surface area contributed by atoms with Crippen LogP contribution in [0.15, 0.2) is 73.1 Å². The van der Waals surface area contributed by atoms with Crippen molar-refractivity contribution >= 4 is 5.69 Å². The lowest BCUT2D eigenvalue weighted by Crippen LogP contribution is -2.43. The van der Waals surface area contributed by atoms with Gasteiger partial charge in [-0.1, -0.05) is 24.3 Å². The van der Waals surface area contributed by atoms with E-state index in [0.29, 0.717) is 6.04 Å². The first-order chi connectivity index (χ1) is 13.8. The summed E-state index contributed by atoms with van der Waals surface area (Å²) >= 11 is 0. The fourth-order valence-corrected chi connectivity index (χ4v) is 3.84. The molecule has 0 radical (unpaired) electrons. The molecule has 2 aromatic carbocycles. The average Bonchev–Trinajstić information content (AvgIpc) is 2.76. The van der Waals surface area contributed by atoms with E-state index in [4.69, 9.17) is 0 Å². The number of pyridine rings is 1. The van der Waals surface area contributed by atoms with Crippen LogP contribution in [0.4, 0.5) is 10.1 Å². The Balaban J connectivity index is 1.30. The lowest BCUT2D eigenvalue weighted by molar-refractivity contribution is 0.417. The minimum atomic E-state index is -0.196. The number of hydrogen-bond donors (Lipinski definition) is 1. The Bertz CT molecular complexity index is 872. The monoisotopic (exact) mass is 375 g/mol. The number of nitrogens with zero attached hydrogens (tertiary/aromatic N) is 2. The summed E-state index contributed by atoms with van der Waals surface area (Å²) in [5.41, 5.74) is 4.76. The molecule has 0 unspecified atom stereocenters. The molecule has 28 heavy (non-hydrogen) atoms. The van der Waals surface area contributed by atoms with E-state index in [1.54, 1.807) is 0 Å². The Morgan fingerprint density at radius 3 is 2.43 bits per heavy atom. The molecule has 144 valence electrons. The van der Waals surface area contributed by atoms with E-state index < -0.39 is 0 Å². The Hall–Kier alpha value is -2.72. The Morgan fingerprint density at radius 1 is 0.929 bits per heavy atom. The van der Waals surface area contributed by atoms with Crippen LogP contribution in [0.25, 0.3) is 11.1 Å². The van der Waals surface area contributed by atoms with Gasteiger partial charge in [-0.25, -0.2) is 4.39 Å². The summed E-state index contributed by atoms with van der Waals surface area (Å²) in [6, 6.07) is 20.0. The molecule has 0 atom stereocenters. The predicted molar refractivity (Wildman–Crippen MR) is 113 cm³/mol. The van der Waals surface area contributed by atoms with Crippen molar-refractivity contribution in [2.24, 2.45) is 0 Å². The van der Waals surface area contributed by atoms with Crippen molar-refractivity contribution in [1.82, 2.24) is 10.3 Å². The van der Waals surface area contributed by atoms with Gasteiger partial charge in [0.15, 0.2) is 0 Å². The molecule has 4 heteroatoms. The van der Waals surface area contributed by atoms with E-state index in [2.05, 4.69) is 51.6 Å². The van der Waals surface area contributed by atoms with Gasteiger partial charge in [0.1, 0.15) is 5.82 Å². The van der Waals surface area contributed by atoms with Crippen molar-refractivity contribution in [3.05, 3.63) is 84.4 Å². The number of benzene rings is 2. The third kappa shape index (κ3) is 4.76. The summed E-state index contributed by atoms with van der Waals surface area (Å²) in [6.07, 6.45) is 7.05. The molecule has 3 nitrogen and oxygen atoms in total. The molecule has 4 rings (SSSR count). The molecular formula is C24H26FN3. The Labute approximate surface area is 166 Å². The minimum Gasteiger partial charge on any atom is -0.371 e. The van der Waals surface area contributed by atoms with Crippen molar-refractivity contribution in [3.8, 4) is 11.1 Å². The van der Waals surface area contributed by atoms with Gasteiger partial charge in [-0.05, 0) is 78.9 Å². The smallest absolute Gasteiger partial charge is 0.123 e. The predicted octanol–water partition coefficient (Wildman–Crippen LogP) is 4.69. The third-order valence-electron chi connectivity index (χ3n) is 5.48. The highest BCUT2D eigenvalue weighted by atomic mass is 19.1. The maximum absolute atomic E-state index is 13.2. The molecule has 0 saturated carbocycles. The van der Waals surface area contributed by atoms with Crippen molar-refractivity contribution in [1.29, 1.82) is 0 Å². The quantitative estimate of drug-likeness (QED) is 0.677. The highest BCUT2D eigenvalue weighted by Crippen LogP contribution is 2.27. The van der Waals surface area contributed by atoms with E-state index in [0.717, 1.165) is 50.0 Å². The molecule has 1 N–H and O–H groups in total. The van der Waals surface area contributed by atoms with Crippen LogP contribution in [0, 0.1) is 5.82 Å². The van der Waals surface area contributed by atoms with Crippen molar-refractivity contribution in [3.63, 3.8) is 0 Å². The van der Waals surface area contributed by atoms with E-state index >= 15 is 0 Å². The number of halogens is 1. The van der Waals surface area contributed by atoms with Crippen LogP contribution in [0.2, 0.25) is 0 Å². The maximum Gasteiger partial charge on any atom is 0.123 e. The molecule has 1 fully saturated rings. The number of nitrogens with one attached hydrogen (secondary N) is 1. The summed E-state index contributed by atoms with van der Waals surface area (Å²) in [5, 5.41) is 3.70. The van der Waals surface area contributed by atoms with Gasteiger partial charge in [0.2, 0.25) is 0 Å².